The van der Waals surface area contributed by atoms with Crippen molar-refractivity contribution in [1.29, 1.82) is 0 Å². The van der Waals surface area contributed by atoms with Gasteiger partial charge in [0.05, 0.1) is 33.1 Å². The van der Waals surface area contributed by atoms with Crippen molar-refractivity contribution in [3.05, 3.63) is 63.2 Å². The van der Waals surface area contributed by atoms with E-state index in [0.29, 0.717) is 0 Å². The third-order valence-electron chi connectivity index (χ3n) is 10.7. The van der Waals surface area contributed by atoms with E-state index in [1.165, 1.54) is 123 Å². The number of hydrogen-bond acceptors (Lipinski definition) is 0. The van der Waals surface area contributed by atoms with Crippen LogP contribution in [-0.2, 0) is 19.6 Å². The number of nitrogens with zero attached hydrogens (tertiary/aromatic N) is 3. The molecule has 3 nitrogen and oxygen atoms in total. The Hall–Kier alpha value is -0.840. The summed E-state index contributed by atoms with van der Waals surface area (Å²) in [4.78, 5) is 0. The second-order valence-corrected chi connectivity index (χ2v) is 19.3. The van der Waals surface area contributed by atoms with Gasteiger partial charge in [0.25, 0.3) is 0 Å². The zero-order chi connectivity index (χ0) is 36.0. The molecule has 0 saturated carbocycles. The molecule has 7 aromatic rings. The molecule has 0 spiro atoms. The lowest BCUT2D eigenvalue weighted by Gasteiger charge is -2.13. The molecule has 0 fully saturated rings. The first kappa shape index (κ1) is 38.4. The summed E-state index contributed by atoms with van der Waals surface area (Å²) in [5.74, 6) is 0. The standard InChI is InChI=1S/C42H45Br6N3/c1-4-7-10-13-16-49-34-22-31(46)28(43)19-25(34)37-40(49)38-26-20-29(44)32(47)23-35(26)50(17-14-11-8-5-2)42(38)39-27-21-30(45)33(48)24-36(27)51(41(37)39)18-15-12-9-6-3/h19-24H,4-18H2,1-3H3. The van der Waals surface area contributed by atoms with E-state index in [-0.39, 0.29) is 0 Å². The molecule has 0 aliphatic rings. The van der Waals surface area contributed by atoms with Crippen molar-refractivity contribution in [1.82, 2.24) is 13.7 Å². The zero-order valence-corrected chi connectivity index (χ0v) is 39.2. The van der Waals surface area contributed by atoms with Gasteiger partial charge in [0, 0.05) is 78.8 Å². The number of aromatic nitrogens is 3. The lowest BCUT2D eigenvalue weighted by atomic mass is 10.0. The van der Waals surface area contributed by atoms with Crippen LogP contribution in [0.1, 0.15) is 97.8 Å². The Morgan fingerprint density at radius 2 is 0.608 bits per heavy atom. The van der Waals surface area contributed by atoms with Gasteiger partial charge in [-0.3, -0.25) is 0 Å². The Morgan fingerprint density at radius 3 is 0.863 bits per heavy atom. The van der Waals surface area contributed by atoms with Crippen molar-refractivity contribution < 1.29 is 0 Å². The summed E-state index contributed by atoms with van der Waals surface area (Å²) in [6.45, 7) is 9.88. The average Bonchev–Trinajstić information content (AvgIpc) is 3.69. The van der Waals surface area contributed by atoms with Gasteiger partial charge in [-0.1, -0.05) is 78.6 Å². The van der Waals surface area contributed by atoms with Crippen LogP contribution in [0.4, 0.5) is 0 Å². The Morgan fingerprint density at radius 1 is 0.353 bits per heavy atom. The van der Waals surface area contributed by atoms with Crippen molar-refractivity contribution >= 4 is 161 Å². The highest BCUT2D eigenvalue weighted by molar-refractivity contribution is 9.13. The molecule has 0 radical (unpaired) electrons. The summed E-state index contributed by atoms with van der Waals surface area (Å²) in [6, 6.07) is 14.2. The summed E-state index contributed by atoms with van der Waals surface area (Å²) >= 11 is 23.6. The second-order valence-electron chi connectivity index (χ2n) is 14.2. The molecule has 0 atom stereocenters. The summed E-state index contributed by atoms with van der Waals surface area (Å²) < 4.78 is 14.6. The minimum absolute atomic E-state index is 0.989. The van der Waals surface area contributed by atoms with Crippen LogP contribution in [0.5, 0.6) is 0 Å². The van der Waals surface area contributed by atoms with Crippen LogP contribution in [-0.4, -0.2) is 13.7 Å². The number of halogens is 6. The van der Waals surface area contributed by atoms with Gasteiger partial charge in [-0.25, -0.2) is 0 Å². The number of rotatable bonds is 15. The highest BCUT2D eigenvalue weighted by Gasteiger charge is 2.28. The quantitative estimate of drug-likeness (QED) is 0.0909. The van der Waals surface area contributed by atoms with Crippen molar-refractivity contribution in [2.75, 3.05) is 0 Å². The van der Waals surface area contributed by atoms with Gasteiger partial charge in [-0.15, -0.1) is 0 Å². The van der Waals surface area contributed by atoms with E-state index in [1.807, 2.05) is 0 Å². The predicted molar refractivity (Wildman–Crippen MR) is 244 cm³/mol. The van der Waals surface area contributed by atoms with Crippen LogP contribution in [0.25, 0.3) is 65.4 Å². The first-order valence-corrected chi connectivity index (χ1v) is 23.5. The molecule has 0 aliphatic carbocycles. The second kappa shape index (κ2) is 16.5. The van der Waals surface area contributed by atoms with E-state index in [9.17, 15) is 0 Å². The lowest BCUT2D eigenvalue weighted by molar-refractivity contribution is 0.600. The monoisotopic (exact) mass is 1060 g/mol. The van der Waals surface area contributed by atoms with Gasteiger partial charge >= 0.3 is 0 Å². The molecule has 9 heteroatoms. The molecular formula is C42H45Br6N3. The van der Waals surface area contributed by atoms with Gasteiger partial charge in [0.2, 0.25) is 0 Å². The van der Waals surface area contributed by atoms with Crippen LogP contribution in [0, 0.1) is 0 Å². The molecule has 0 N–H and O–H groups in total. The Labute approximate surface area is 352 Å². The molecule has 0 aliphatic heterocycles. The molecule has 3 aromatic heterocycles. The molecule has 0 unspecified atom stereocenters. The Kier molecular flexibility index (Phi) is 12.4. The number of hydrogen-bond donors (Lipinski definition) is 0. The normalized spacial score (nSPS) is 12.4. The zero-order valence-electron chi connectivity index (χ0n) is 29.7. The van der Waals surface area contributed by atoms with E-state index in [2.05, 4.69) is 166 Å². The third-order valence-corrected chi connectivity index (χ3v) is 16.3. The fourth-order valence-corrected chi connectivity index (χ4v) is 10.3. The van der Waals surface area contributed by atoms with Crippen molar-refractivity contribution in [3.63, 3.8) is 0 Å². The molecule has 51 heavy (non-hydrogen) atoms. The summed E-state index contributed by atoms with van der Waals surface area (Å²) in [5.41, 5.74) is 8.02. The van der Waals surface area contributed by atoms with E-state index in [4.69, 9.17) is 0 Å². The minimum Gasteiger partial charge on any atom is -0.340 e. The molecule has 270 valence electrons. The number of fused-ring (bicyclic) bond motifs is 12. The topological polar surface area (TPSA) is 14.8 Å². The number of aryl methyl sites for hydroxylation is 3. The fraction of sp³-hybridized carbons (Fsp3) is 0.429. The first-order valence-electron chi connectivity index (χ1n) is 18.8. The summed E-state index contributed by atoms with van der Waals surface area (Å²) in [6.07, 6.45) is 14.7. The largest absolute Gasteiger partial charge is 0.340 e. The fourth-order valence-electron chi connectivity index (χ4n) is 8.31. The van der Waals surface area contributed by atoms with Crippen molar-refractivity contribution in [3.8, 4) is 0 Å². The van der Waals surface area contributed by atoms with Crippen LogP contribution in [0.2, 0.25) is 0 Å². The van der Waals surface area contributed by atoms with Gasteiger partial charge < -0.3 is 13.7 Å². The van der Waals surface area contributed by atoms with Gasteiger partial charge in [-0.2, -0.15) is 0 Å². The van der Waals surface area contributed by atoms with Crippen LogP contribution in [0.15, 0.2) is 63.2 Å². The molecule has 3 heterocycles. The number of benzene rings is 4. The van der Waals surface area contributed by atoms with E-state index < -0.39 is 0 Å². The molecular weight excluding hydrogens is 1030 g/mol. The predicted octanol–water partition coefficient (Wildman–Crippen LogP) is 17.3. The first-order chi connectivity index (χ1) is 24.7. The summed E-state index contributed by atoms with van der Waals surface area (Å²) in [5, 5.41) is 8.08. The number of unbranched alkanes of at least 4 members (excludes halogenated alkanes) is 9. The van der Waals surface area contributed by atoms with E-state index in [0.717, 1.165) is 65.7 Å². The highest BCUT2D eigenvalue weighted by Crippen LogP contribution is 2.51. The van der Waals surface area contributed by atoms with Crippen molar-refractivity contribution in [2.24, 2.45) is 0 Å². The summed E-state index contributed by atoms with van der Waals surface area (Å²) in [7, 11) is 0. The maximum Gasteiger partial charge on any atom is 0.0614 e. The minimum atomic E-state index is 0.989. The molecule has 7 rings (SSSR count). The Balaban J connectivity index is 1.75. The lowest BCUT2D eigenvalue weighted by Crippen LogP contribution is -2.02. The maximum atomic E-state index is 3.94. The molecule has 0 bridgehead atoms. The van der Waals surface area contributed by atoms with E-state index in [1.54, 1.807) is 0 Å². The molecule has 0 saturated heterocycles. The van der Waals surface area contributed by atoms with Crippen LogP contribution in [0.3, 0.4) is 0 Å². The Bertz CT molecular complexity index is 2120. The van der Waals surface area contributed by atoms with Crippen LogP contribution >= 0.6 is 95.6 Å². The molecule has 4 aromatic carbocycles. The van der Waals surface area contributed by atoms with E-state index >= 15 is 0 Å². The smallest absolute Gasteiger partial charge is 0.0614 e. The van der Waals surface area contributed by atoms with Gasteiger partial charge in [0.15, 0.2) is 0 Å². The highest BCUT2D eigenvalue weighted by atomic mass is 79.9. The van der Waals surface area contributed by atoms with Gasteiger partial charge in [-0.05, 0) is 151 Å². The third kappa shape index (κ3) is 6.98. The average molecular weight is 1070 g/mol. The van der Waals surface area contributed by atoms with Gasteiger partial charge in [0.1, 0.15) is 0 Å². The maximum absolute atomic E-state index is 3.94. The SMILES string of the molecule is CCCCCCn1c2cc(Br)c(Br)cc2c2c1c1c3cc(Br)c(Br)cc3n(CCCCCC)c1c1c3cc(Br)c(Br)cc3n(CCCCCC)c21. The molecule has 0 amide bonds. The van der Waals surface area contributed by atoms with Crippen LogP contribution < -0.4 is 0 Å². The van der Waals surface area contributed by atoms with Crippen molar-refractivity contribution in [2.45, 2.75) is 117 Å².